The molecule has 0 bridgehead atoms. The molecule has 0 saturated heterocycles. The van der Waals surface area contributed by atoms with Crippen molar-refractivity contribution in [1.82, 2.24) is 14.3 Å². The Morgan fingerprint density at radius 2 is 2.10 bits per heavy atom. The fraction of sp³-hybridized carbons (Fsp3) is 0.667. The molecule has 0 aromatic carbocycles. The Morgan fingerprint density at radius 1 is 1.40 bits per heavy atom. The van der Waals surface area contributed by atoms with Crippen molar-refractivity contribution in [1.29, 1.82) is 0 Å². The first-order valence-corrected chi connectivity index (χ1v) is 9.13. The Kier molecular flexibility index (Phi) is 7.42. The van der Waals surface area contributed by atoms with Crippen LogP contribution in [0.25, 0.3) is 0 Å². The molecule has 2 N–H and O–H groups in total. The van der Waals surface area contributed by atoms with Crippen LogP contribution in [-0.4, -0.2) is 38.9 Å². The van der Waals surface area contributed by atoms with E-state index in [0.717, 1.165) is 17.8 Å². The molecule has 1 aromatic rings. The van der Waals surface area contributed by atoms with Crippen LogP contribution in [0.5, 0.6) is 0 Å². The third-order valence-electron chi connectivity index (χ3n) is 2.67. The third-order valence-corrected chi connectivity index (χ3v) is 5.41. The van der Waals surface area contributed by atoms with Crippen molar-refractivity contribution >= 4 is 33.1 Å². The molecule has 20 heavy (non-hydrogen) atoms. The Hall–Kier alpha value is -0.180. The lowest BCUT2D eigenvalue weighted by Crippen LogP contribution is -2.39. The summed E-state index contributed by atoms with van der Waals surface area (Å²) in [5, 5.41) is 3.26. The number of nitrogens with one attached hydrogen (secondary N) is 2. The van der Waals surface area contributed by atoms with E-state index in [1.54, 1.807) is 13.1 Å². The van der Waals surface area contributed by atoms with E-state index >= 15 is 0 Å². The molecular weight excluding hydrogens is 318 g/mol. The first-order chi connectivity index (χ1) is 9.31. The number of thiophene rings is 1. The van der Waals surface area contributed by atoms with Crippen LogP contribution in [0.3, 0.4) is 0 Å². The Labute approximate surface area is 130 Å². The summed E-state index contributed by atoms with van der Waals surface area (Å²) < 4.78 is 28.6. The summed E-state index contributed by atoms with van der Waals surface area (Å²) in [5.41, 5.74) is 0. The monoisotopic (exact) mass is 339 g/mol. The van der Waals surface area contributed by atoms with Gasteiger partial charge in [-0.25, -0.2) is 0 Å². The number of hydrogen-bond acceptors (Lipinski definition) is 4. The molecule has 0 aliphatic rings. The van der Waals surface area contributed by atoms with Crippen molar-refractivity contribution in [3.05, 3.63) is 21.3 Å². The number of nitrogens with zero attached hydrogens (tertiary/aromatic N) is 1. The maximum atomic E-state index is 12.0. The van der Waals surface area contributed by atoms with Gasteiger partial charge in [-0.1, -0.05) is 25.4 Å². The molecule has 0 amide bonds. The van der Waals surface area contributed by atoms with E-state index in [1.807, 2.05) is 6.07 Å². The molecule has 1 rings (SSSR count). The van der Waals surface area contributed by atoms with Gasteiger partial charge in [0.15, 0.2) is 0 Å². The van der Waals surface area contributed by atoms with E-state index in [2.05, 4.69) is 23.9 Å². The Morgan fingerprint density at radius 3 is 2.65 bits per heavy atom. The van der Waals surface area contributed by atoms with E-state index < -0.39 is 10.2 Å². The summed E-state index contributed by atoms with van der Waals surface area (Å²) in [5.74, 6) is 0. The van der Waals surface area contributed by atoms with Crippen LogP contribution < -0.4 is 10.0 Å². The predicted molar refractivity (Wildman–Crippen MR) is 85.5 cm³/mol. The molecule has 0 atom stereocenters. The largest absolute Gasteiger partial charge is 0.314 e. The molecule has 1 aromatic heterocycles. The molecule has 0 spiro atoms. The molecule has 0 saturated carbocycles. The molecule has 8 heteroatoms. The summed E-state index contributed by atoms with van der Waals surface area (Å²) in [6.07, 6.45) is 0.778. The average Bonchev–Trinajstić information content (AvgIpc) is 2.77. The van der Waals surface area contributed by atoms with Gasteiger partial charge in [0.25, 0.3) is 10.2 Å². The Bertz CT molecular complexity index is 503. The minimum atomic E-state index is -3.43. The summed E-state index contributed by atoms with van der Waals surface area (Å²) in [4.78, 5) is 0.897. The molecule has 5 nitrogen and oxygen atoms in total. The van der Waals surface area contributed by atoms with Crippen molar-refractivity contribution in [2.24, 2.45) is 0 Å². The highest BCUT2D eigenvalue weighted by Gasteiger charge is 2.16. The fourth-order valence-corrected chi connectivity index (χ4v) is 3.58. The van der Waals surface area contributed by atoms with Gasteiger partial charge in [-0.15, -0.1) is 11.3 Å². The standard InChI is InChI=1S/C12H22ClN3O2S2/c1-10(2)14-7-4-8-16(3)20(17,18)15-9-11-5-6-12(13)19-11/h5-6,10,14-15H,4,7-9H2,1-3H3. The lowest BCUT2D eigenvalue weighted by atomic mass is 10.3. The molecule has 116 valence electrons. The second-order valence-electron chi connectivity index (χ2n) is 4.82. The maximum Gasteiger partial charge on any atom is 0.279 e. The van der Waals surface area contributed by atoms with Gasteiger partial charge in [-0.2, -0.15) is 17.4 Å². The molecule has 0 radical (unpaired) electrons. The minimum Gasteiger partial charge on any atom is -0.314 e. The third kappa shape index (κ3) is 6.51. The van der Waals surface area contributed by atoms with Crippen molar-refractivity contribution in [3.8, 4) is 0 Å². The van der Waals surface area contributed by atoms with Crippen LogP contribution in [0.15, 0.2) is 12.1 Å². The van der Waals surface area contributed by atoms with E-state index in [1.165, 1.54) is 15.6 Å². The Balaban J connectivity index is 2.35. The van der Waals surface area contributed by atoms with Gasteiger partial charge in [-0.05, 0) is 25.1 Å². The number of hydrogen-bond donors (Lipinski definition) is 2. The minimum absolute atomic E-state index is 0.272. The van der Waals surface area contributed by atoms with E-state index in [9.17, 15) is 8.42 Å². The van der Waals surface area contributed by atoms with Crippen LogP contribution in [0.4, 0.5) is 0 Å². The lowest BCUT2D eigenvalue weighted by Gasteiger charge is -2.18. The van der Waals surface area contributed by atoms with Gasteiger partial charge < -0.3 is 5.32 Å². The zero-order valence-corrected chi connectivity index (χ0v) is 14.4. The quantitative estimate of drug-likeness (QED) is 0.677. The van der Waals surface area contributed by atoms with Crippen LogP contribution in [0.2, 0.25) is 4.34 Å². The molecule has 0 unspecified atom stereocenters. The molecule has 0 aliphatic carbocycles. The summed E-state index contributed by atoms with van der Waals surface area (Å²) in [7, 11) is -1.85. The van der Waals surface area contributed by atoms with Crippen molar-refractivity contribution < 1.29 is 8.42 Å². The molecule has 0 fully saturated rings. The normalized spacial score (nSPS) is 12.5. The van der Waals surface area contributed by atoms with Crippen LogP contribution in [0.1, 0.15) is 25.1 Å². The lowest BCUT2D eigenvalue weighted by molar-refractivity contribution is 0.439. The topological polar surface area (TPSA) is 61.4 Å². The fourth-order valence-electron chi connectivity index (χ4n) is 1.53. The highest BCUT2D eigenvalue weighted by atomic mass is 35.5. The summed E-state index contributed by atoms with van der Waals surface area (Å²) in [6.45, 7) is 5.69. The van der Waals surface area contributed by atoms with Crippen molar-refractivity contribution in [2.75, 3.05) is 20.1 Å². The maximum absolute atomic E-state index is 12.0. The number of halogens is 1. The SMILES string of the molecule is CC(C)NCCCN(C)S(=O)(=O)NCc1ccc(Cl)s1. The van der Waals surface area contributed by atoms with Crippen LogP contribution >= 0.6 is 22.9 Å². The van der Waals surface area contributed by atoms with Gasteiger partial charge in [0, 0.05) is 31.1 Å². The molecule has 0 aliphatic heterocycles. The van der Waals surface area contributed by atoms with Crippen molar-refractivity contribution in [3.63, 3.8) is 0 Å². The number of rotatable bonds is 9. The van der Waals surface area contributed by atoms with Crippen LogP contribution in [0, 0.1) is 0 Å². The van der Waals surface area contributed by atoms with Gasteiger partial charge >= 0.3 is 0 Å². The summed E-state index contributed by atoms with van der Waals surface area (Å²) in [6, 6.07) is 4.00. The van der Waals surface area contributed by atoms with Gasteiger partial charge in [0.2, 0.25) is 0 Å². The van der Waals surface area contributed by atoms with Gasteiger partial charge in [0.1, 0.15) is 0 Å². The van der Waals surface area contributed by atoms with Gasteiger partial charge in [0.05, 0.1) is 4.34 Å². The second kappa shape index (κ2) is 8.31. The highest BCUT2D eigenvalue weighted by molar-refractivity contribution is 7.87. The average molecular weight is 340 g/mol. The van der Waals surface area contributed by atoms with E-state index in [-0.39, 0.29) is 6.54 Å². The first kappa shape index (κ1) is 17.9. The highest BCUT2D eigenvalue weighted by Crippen LogP contribution is 2.21. The van der Waals surface area contributed by atoms with E-state index in [4.69, 9.17) is 11.6 Å². The second-order valence-corrected chi connectivity index (χ2v) is 8.48. The van der Waals surface area contributed by atoms with Gasteiger partial charge in [-0.3, -0.25) is 0 Å². The first-order valence-electron chi connectivity index (χ1n) is 6.50. The molecular formula is C12H22ClN3O2S2. The zero-order valence-electron chi connectivity index (χ0n) is 12.0. The van der Waals surface area contributed by atoms with Crippen LogP contribution in [-0.2, 0) is 16.8 Å². The predicted octanol–water partition coefficient (Wildman–Crippen LogP) is 2.06. The molecule has 1 heterocycles. The van der Waals surface area contributed by atoms with E-state index in [0.29, 0.717) is 16.9 Å². The summed E-state index contributed by atoms with van der Waals surface area (Å²) >= 11 is 7.18. The van der Waals surface area contributed by atoms with Crippen molar-refractivity contribution in [2.45, 2.75) is 32.9 Å². The smallest absolute Gasteiger partial charge is 0.279 e. The zero-order chi connectivity index (χ0) is 15.2.